The van der Waals surface area contributed by atoms with Gasteiger partial charge in [0.25, 0.3) is 0 Å². The van der Waals surface area contributed by atoms with E-state index in [-0.39, 0.29) is 0 Å². The van der Waals surface area contributed by atoms with Crippen LogP contribution in [0.1, 0.15) is 17.1 Å². The van der Waals surface area contributed by atoms with Crippen molar-refractivity contribution in [3.8, 4) is 22.6 Å². The minimum absolute atomic E-state index is 0.575. The van der Waals surface area contributed by atoms with Crippen molar-refractivity contribution >= 4 is 28.8 Å². The van der Waals surface area contributed by atoms with Crippen LogP contribution in [-0.4, -0.2) is 41.5 Å². The minimum Gasteiger partial charge on any atom is -0.339 e. The number of aryl methyl sites for hydroxylation is 1. The van der Waals surface area contributed by atoms with Crippen LogP contribution in [0.15, 0.2) is 61.1 Å². The number of halogens is 2. The summed E-state index contributed by atoms with van der Waals surface area (Å²) in [6.45, 7) is 3.15. The number of aromatic amines is 1. The van der Waals surface area contributed by atoms with Crippen LogP contribution in [-0.2, 0) is 13.1 Å². The molecule has 0 fully saturated rings. The Morgan fingerprint density at radius 2 is 1.76 bits per heavy atom. The topological polar surface area (TPSA) is 75.0 Å². The van der Waals surface area contributed by atoms with Crippen molar-refractivity contribution in [3.63, 3.8) is 0 Å². The predicted molar refractivity (Wildman–Crippen MR) is 130 cm³/mol. The van der Waals surface area contributed by atoms with E-state index in [4.69, 9.17) is 33.2 Å². The highest BCUT2D eigenvalue weighted by Crippen LogP contribution is 2.30. The summed E-state index contributed by atoms with van der Waals surface area (Å²) in [7, 11) is 2.01. The maximum atomic E-state index is 6.36. The van der Waals surface area contributed by atoms with E-state index in [9.17, 15) is 0 Å². The normalized spacial score (nSPS) is 11.5. The van der Waals surface area contributed by atoms with Gasteiger partial charge in [-0.15, -0.1) is 0 Å². The highest BCUT2D eigenvalue weighted by molar-refractivity contribution is 6.35. The molecule has 0 amide bonds. The third kappa shape index (κ3) is 4.48. The summed E-state index contributed by atoms with van der Waals surface area (Å²) >= 11 is 12.7. The molecule has 0 aliphatic rings. The smallest absolute Gasteiger partial charge is 0.155 e. The molecule has 0 saturated heterocycles. The fraction of sp³-hybridized carbons (Fsp3) is 0.167. The molecule has 7 nitrogen and oxygen atoms in total. The number of H-pyrrole nitrogens is 1. The molecule has 5 aromatic rings. The van der Waals surface area contributed by atoms with Gasteiger partial charge >= 0.3 is 0 Å². The molecule has 0 radical (unpaired) electrons. The lowest BCUT2D eigenvalue weighted by Gasteiger charge is -2.17. The predicted octanol–water partition coefficient (Wildman–Crippen LogP) is 5.43. The number of hydrogen-bond donors (Lipinski definition) is 1. The van der Waals surface area contributed by atoms with E-state index in [0.717, 1.165) is 45.4 Å². The molecule has 0 bridgehead atoms. The molecule has 166 valence electrons. The molecule has 1 aromatic carbocycles. The molecule has 4 aromatic heterocycles. The number of benzene rings is 1. The van der Waals surface area contributed by atoms with Crippen molar-refractivity contribution < 1.29 is 0 Å². The second-order valence-electron chi connectivity index (χ2n) is 7.92. The van der Waals surface area contributed by atoms with Gasteiger partial charge in [-0.2, -0.15) is 5.10 Å². The van der Waals surface area contributed by atoms with Gasteiger partial charge in [0.05, 0.1) is 23.6 Å². The van der Waals surface area contributed by atoms with E-state index in [2.05, 4.69) is 20.0 Å². The zero-order valence-electron chi connectivity index (χ0n) is 18.1. The van der Waals surface area contributed by atoms with Crippen LogP contribution in [0.25, 0.3) is 28.3 Å². The van der Waals surface area contributed by atoms with Crippen LogP contribution >= 0.6 is 23.2 Å². The van der Waals surface area contributed by atoms with Gasteiger partial charge < -0.3 is 4.98 Å². The molecule has 0 aliphatic carbocycles. The second-order valence-corrected chi connectivity index (χ2v) is 8.74. The highest BCUT2D eigenvalue weighted by Gasteiger charge is 2.18. The Morgan fingerprint density at radius 3 is 2.55 bits per heavy atom. The summed E-state index contributed by atoms with van der Waals surface area (Å²) < 4.78 is 1.74. The fourth-order valence-corrected chi connectivity index (χ4v) is 4.31. The molecule has 0 unspecified atom stereocenters. The summed E-state index contributed by atoms with van der Waals surface area (Å²) in [5.74, 6) is 0.813. The van der Waals surface area contributed by atoms with E-state index in [0.29, 0.717) is 23.1 Å². The van der Waals surface area contributed by atoms with Gasteiger partial charge in [0, 0.05) is 39.6 Å². The van der Waals surface area contributed by atoms with Crippen LogP contribution in [0.5, 0.6) is 0 Å². The Kier molecular flexibility index (Phi) is 5.85. The number of pyridine rings is 2. The molecule has 0 aliphatic heterocycles. The van der Waals surface area contributed by atoms with Gasteiger partial charge in [0.1, 0.15) is 12.2 Å². The van der Waals surface area contributed by atoms with Crippen molar-refractivity contribution in [3.05, 3.63) is 88.2 Å². The number of imidazole rings is 1. The molecule has 4 heterocycles. The summed E-state index contributed by atoms with van der Waals surface area (Å²) in [6, 6.07) is 15.4. The van der Waals surface area contributed by atoms with Gasteiger partial charge in [0.15, 0.2) is 5.65 Å². The molecular weight excluding hydrogens is 457 g/mol. The van der Waals surface area contributed by atoms with Crippen LogP contribution in [0.2, 0.25) is 10.0 Å². The highest BCUT2D eigenvalue weighted by atomic mass is 35.5. The maximum absolute atomic E-state index is 6.36. The largest absolute Gasteiger partial charge is 0.339 e. The van der Waals surface area contributed by atoms with Crippen LogP contribution < -0.4 is 0 Å². The minimum atomic E-state index is 0.575. The SMILES string of the molecule is Cc1cccc(-c2[nH]c(CN(C)Cc3c(Cl)cccc3Cl)nc2-c2ccc3ncnn3c2)n1. The number of nitrogens with zero attached hydrogens (tertiary/aromatic N) is 6. The number of fused-ring (bicyclic) bond motifs is 1. The maximum Gasteiger partial charge on any atom is 0.155 e. The monoisotopic (exact) mass is 477 g/mol. The molecule has 0 saturated carbocycles. The fourth-order valence-electron chi connectivity index (χ4n) is 3.80. The first-order chi connectivity index (χ1) is 16.0. The third-order valence-electron chi connectivity index (χ3n) is 5.35. The van der Waals surface area contributed by atoms with Crippen molar-refractivity contribution in [1.29, 1.82) is 0 Å². The quantitative estimate of drug-likeness (QED) is 0.352. The molecule has 0 atom stereocenters. The van der Waals surface area contributed by atoms with Crippen molar-refractivity contribution in [1.82, 2.24) is 34.4 Å². The Hall–Kier alpha value is -3.26. The summed E-state index contributed by atoms with van der Waals surface area (Å²) in [5.41, 5.74) is 6.03. The zero-order chi connectivity index (χ0) is 22.9. The second kappa shape index (κ2) is 8.94. The van der Waals surface area contributed by atoms with Gasteiger partial charge in [-0.05, 0) is 50.4 Å². The van der Waals surface area contributed by atoms with E-state index in [1.54, 1.807) is 4.52 Å². The Labute approximate surface area is 201 Å². The number of rotatable bonds is 6. The molecule has 1 N–H and O–H groups in total. The Morgan fingerprint density at radius 1 is 0.970 bits per heavy atom. The van der Waals surface area contributed by atoms with Crippen LogP contribution in [0.3, 0.4) is 0 Å². The molecular formula is C24H21Cl2N7. The molecule has 0 spiro atoms. The van der Waals surface area contributed by atoms with E-state index >= 15 is 0 Å². The molecule has 33 heavy (non-hydrogen) atoms. The Bertz CT molecular complexity index is 1420. The lowest BCUT2D eigenvalue weighted by atomic mass is 10.1. The van der Waals surface area contributed by atoms with Crippen LogP contribution in [0.4, 0.5) is 0 Å². The van der Waals surface area contributed by atoms with E-state index < -0.39 is 0 Å². The molecule has 5 rings (SSSR count). The number of nitrogens with one attached hydrogen (secondary N) is 1. The van der Waals surface area contributed by atoms with Crippen molar-refractivity contribution in [2.45, 2.75) is 20.0 Å². The summed E-state index contributed by atoms with van der Waals surface area (Å²) in [6.07, 6.45) is 3.46. The molecule has 9 heteroatoms. The third-order valence-corrected chi connectivity index (χ3v) is 6.06. The van der Waals surface area contributed by atoms with Crippen molar-refractivity contribution in [2.24, 2.45) is 0 Å². The van der Waals surface area contributed by atoms with E-state index in [1.807, 2.05) is 68.7 Å². The average molecular weight is 478 g/mol. The number of hydrogen-bond acceptors (Lipinski definition) is 5. The summed E-state index contributed by atoms with van der Waals surface area (Å²) in [5, 5.41) is 5.56. The van der Waals surface area contributed by atoms with E-state index in [1.165, 1.54) is 6.33 Å². The van der Waals surface area contributed by atoms with Crippen LogP contribution in [0, 0.1) is 6.92 Å². The summed E-state index contributed by atoms with van der Waals surface area (Å²) in [4.78, 5) is 19.5. The standard InChI is InChI=1S/C24H21Cl2N7/c1-15-5-3-8-20(29-15)24-23(16-9-10-22-27-14-28-33(22)11-16)30-21(31-24)13-32(2)12-17-18(25)6-4-7-19(17)26/h3-11,14H,12-13H2,1-2H3,(H,30,31). The number of aromatic nitrogens is 6. The zero-order valence-corrected chi connectivity index (χ0v) is 19.6. The van der Waals surface area contributed by atoms with Gasteiger partial charge in [0.2, 0.25) is 0 Å². The lowest BCUT2D eigenvalue weighted by Crippen LogP contribution is -2.18. The van der Waals surface area contributed by atoms with Crippen molar-refractivity contribution in [2.75, 3.05) is 7.05 Å². The average Bonchev–Trinajstić information content (AvgIpc) is 3.43. The first-order valence-electron chi connectivity index (χ1n) is 10.4. The first-order valence-corrected chi connectivity index (χ1v) is 11.2. The Balaban J connectivity index is 1.51. The lowest BCUT2D eigenvalue weighted by molar-refractivity contribution is 0.312. The van der Waals surface area contributed by atoms with Gasteiger partial charge in [-0.3, -0.25) is 9.88 Å². The van der Waals surface area contributed by atoms with Gasteiger partial charge in [-0.1, -0.05) is 35.3 Å². The first kappa shape index (κ1) is 21.6. The van der Waals surface area contributed by atoms with Gasteiger partial charge in [-0.25, -0.2) is 14.5 Å².